The summed E-state index contributed by atoms with van der Waals surface area (Å²) in [5.74, 6) is 0. The van der Waals surface area contributed by atoms with Gasteiger partial charge in [-0.15, -0.1) is 0 Å². The SMILES string of the molecule is Cc1ccnn1CCCc1ccc(N)cc1. The van der Waals surface area contributed by atoms with Crippen LogP contribution in [-0.4, -0.2) is 9.78 Å². The number of nitrogen functional groups attached to an aromatic ring is 1. The van der Waals surface area contributed by atoms with Crippen LogP contribution in [0.3, 0.4) is 0 Å². The number of benzene rings is 1. The van der Waals surface area contributed by atoms with Crippen LogP contribution in [0.5, 0.6) is 0 Å². The molecule has 0 atom stereocenters. The maximum Gasteiger partial charge on any atom is 0.0492 e. The average molecular weight is 215 g/mol. The van der Waals surface area contributed by atoms with Crippen molar-refractivity contribution in [3.8, 4) is 0 Å². The number of hydrogen-bond acceptors (Lipinski definition) is 2. The molecule has 0 fully saturated rings. The summed E-state index contributed by atoms with van der Waals surface area (Å²) in [6.45, 7) is 3.05. The van der Waals surface area contributed by atoms with Crippen molar-refractivity contribution >= 4 is 5.69 Å². The molecule has 16 heavy (non-hydrogen) atoms. The van der Waals surface area contributed by atoms with E-state index in [1.165, 1.54) is 11.3 Å². The van der Waals surface area contributed by atoms with E-state index in [2.05, 4.69) is 24.2 Å². The normalized spacial score (nSPS) is 10.6. The highest BCUT2D eigenvalue weighted by molar-refractivity contribution is 5.39. The Morgan fingerprint density at radius 3 is 2.56 bits per heavy atom. The topological polar surface area (TPSA) is 43.8 Å². The highest BCUT2D eigenvalue weighted by Crippen LogP contribution is 2.08. The molecule has 2 N–H and O–H groups in total. The Balaban J connectivity index is 1.84. The first kappa shape index (κ1) is 10.7. The number of aryl methyl sites for hydroxylation is 3. The highest BCUT2D eigenvalue weighted by atomic mass is 15.3. The monoisotopic (exact) mass is 215 g/mol. The number of aromatic nitrogens is 2. The predicted octanol–water partition coefficient (Wildman–Crippen LogP) is 2.41. The first-order valence-corrected chi connectivity index (χ1v) is 5.58. The lowest BCUT2D eigenvalue weighted by atomic mass is 10.1. The minimum atomic E-state index is 0.826. The maximum absolute atomic E-state index is 5.64. The molecular weight excluding hydrogens is 198 g/mol. The third kappa shape index (κ3) is 2.63. The van der Waals surface area contributed by atoms with Crippen LogP contribution in [0.25, 0.3) is 0 Å². The van der Waals surface area contributed by atoms with Gasteiger partial charge in [-0.1, -0.05) is 12.1 Å². The molecule has 0 saturated heterocycles. The van der Waals surface area contributed by atoms with Crippen molar-refractivity contribution in [1.82, 2.24) is 9.78 Å². The third-order valence-electron chi connectivity index (χ3n) is 2.74. The quantitative estimate of drug-likeness (QED) is 0.796. The Bertz CT molecular complexity index is 442. The Kier molecular flexibility index (Phi) is 3.25. The maximum atomic E-state index is 5.64. The van der Waals surface area contributed by atoms with Gasteiger partial charge in [0.1, 0.15) is 0 Å². The van der Waals surface area contributed by atoms with E-state index in [0.29, 0.717) is 0 Å². The molecule has 2 rings (SSSR count). The lowest BCUT2D eigenvalue weighted by Gasteiger charge is -2.04. The minimum absolute atomic E-state index is 0.826. The van der Waals surface area contributed by atoms with Crippen molar-refractivity contribution in [3.63, 3.8) is 0 Å². The van der Waals surface area contributed by atoms with Crippen LogP contribution in [0, 0.1) is 6.92 Å². The molecule has 0 aliphatic heterocycles. The Labute approximate surface area is 95.9 Å². The Morgan fingerprint density at radius 1 is 1.19 bits per heavy atom. The average Bonchev–Trinajstić information content (AvgIpc) is 2.68. The van der Waals surface area contributed by atoms with Crippen molar-refractivity contribution in [2.75, 3.05) is 5.73 Å². The Hall–Kier alpha value is -1.77. The predicted molar refractivity (Wildman–Crippen MR) is 66.1 cm³/mol. The molecular formula is C13H17N3. The van der Waals surface area contributed by atoms with Gasteiger partial charge < -0.3 is 5.73 Å². The zero-order chi connectivity index (χ0) is 11.4. The Morgan fingerprint density at radius 2 is 1.94 bits per heavy atom. The second-order valence-electron chi connectivity index (χ2n) is 4.04. The van der Waals surface area contributed by atoms with Gasteiger partial charge in [-0.3, -0.25) is 4.68 Å². The van der Waals surface area contributed by atoms with Gasteiger partial charge in [-0.25, -0.2) is 0 Å². The summed E-state index contributed by atoms with van der Waals surface area (Å²) in [5, 5.41) is 4.26. The van der Waals surface area contributed by atoms with Gasteiger partial charge in [0.25, 0.3) is 0 Å². The first-order valence-electron chi connectivity index (χ1n) is 5.58. The largest absolute Gasteiger partial charge is 0.399 e. The zero-order valence-electron chi connectivity index (χ0n) is 9.56. The third-order valence-corrected chi connectivity index (χ3v) is 2.74. The fourth-order valence-corrected chi connectivity index (χ4v) is 1.75. The van der Waals surface area contributed by atoms with Crippen molar-refractivity contribution in [2.45, 2.75) is 26.3 Å². The molecule has 0 aliphatic rings. The van der Waals surface area contributed by atoms with E-state index < -0.39 is 0 Å². The number of anilines is 1. The van der Waals surface area contributed by atoms with Gasteiger partial charge in [-0.2, -0.15) is 5.10 Å². The molecule has 0 unspecified atom stereocenters. The minimum Gasteiger partial charge on any atom is -0.399 e. The summed E-state index contributed by atoms with van der Waals surface area (Å²) in [6.07, 6.45) is 4.02. The molecule has 1 heterocycles. The van der Waals surface area contributed by atoms with Crippen LogP contribution in [0.1, 0.15) is 17.7 Å². The summed E-state index contributed by atoms with van der Waals surface area (Å²) in [5.41, 5.74) is 9.02. The first-order chi connectivity index (χ1) is 7.75. The standard InChI is InChI=1S/C13H17N3/c1-11-8-9-15-16(11)10-2-3-12-4-6-13(14)7-5-12/h4-9H,2-3,10,14H2,1H3. The molecule has 1 aromatic carbocycles. The lowest BCUT2D eigenvalue weighted by Crippen LogP contribution is -2.03. The van der Waals surface area contributed by atoms with E-state index in [1.807, 2.05) is 29.1 Å². The molecule has 0 saturated carbocycles. The molecule has 3 heteroatoms. The van der Waals surface area contributed by atoms with Gasteiger partial charge >= 0.3 is 0 Å². The van der Waals surface area contributed by atoms with Crippen molar-refractivity contribution in [2.24, 2.45) is 0 Å². The van der Waals surface area contributed by atoms with Gasteiger partial charge in [0.05, 0.1) is 0 Å². The van der Waals surface area contributed by atoms with E-state index >= 15 is 0 Å². The summed E-state index contributed by atoms with van der Waals surface area (Å²) >= 11 is 0. The van der Waals surface area contributed by atoms with E-state index in [1.54, 1.807) is 0 Å². The number of hydrogen-bond donors (Lipinski definition) is 1. The van der Waals surface area contributed by atoms with Crippen LogP contribution in [-0.2, 0) is 13.0 Å². The second kappa shape index (κ2) is 4.84. The smallest absolute Gasteiger partial charge is 0.0492 e. The van der Waals surface area contributed by atoms with E-state index in [-0.39, 0.29) is 0 Å². The molecule has 3 nitrogen and oxygen atoms in total. The fraction of sp³-hybridized carbons (Fsp3) is 0.308. The van der Waals surface area contributed by atoms with Gasteiger partial charge in [0.2, 0.25) is 0 Å². The van der Waals surface area contributed by atoms with Crippen LogP contribution in [0.4, 0.5) is 5.69 Å². The van der Waals surface area contributed by atoms with Gasteiger partial charge in [0.15, 0.2) is 0 Å². The highest BCUT2D eigenvalue weighted by Gasteiger charge is 1.97. The molecule has 84 valence electrons. The fourth-order valence-electron chi connectivity index (χ4n) is 1.75. The van der Waals surface area contributed by atoms with Gasteiger partial charge in [-0.05, 0) is 43.5 Å². The van der Waals surface area contributed by atoms with Crippen LogP contribution >= 0.6 is 0 Å². The number of nitrogens with zero attached hydrogens (tertiary/aromatic N) is 2. The van der Waals surface area contributed by atoms with Crippen molar-refractivity contribution < 1.29 is 0 Å². The summed E-state index contributed by atoms with van der Waals surface area (Å²) in [7, 11) is 0. The van der Waals surface area contributed by atoms with Crippen LogP contribution in [0.2, 0.25) is 0 Å². The second-order valence-corrected chi connectivity index (χ2v) is 4.04. The number of rotatable bonds is 4. The lowest BCUT2D eigenvalue weighted by molar-refractivity contribution is 0.565. The van der Waals surface area contributed by atoms with E-state index in [4.69, 9.17) is 5.73 Å². The van der Waals surface area contributed by atoms with Crippen LogP contribution < -0.4 is 5.73 Å². The summed E-state index contributed by atoms with van der Waals surface area (Å²) in [6, 6.07) is 10.1. The van der Waals surface area contributed by atoms with E-state index in [0.717, 1.165) is 25.1 Å². The van der Waals surface area contributed by atoms with Crippen molar-refractivity contribution in [3.05, 3.63) is 47.8 Å². The van der Waals surface area contributed by atoms with E-state index in [9.17, 15) is 0 Å². The summed E-state index contributed by atoms with van der Waals surface area (Å²) < 4.78 is 2.04. The molecule has 1 aromatic heterocycles. The molecule has 0 radical (unpaired) electrons. The summed E-state index contributed by atoms with van der Waals surface area (Å²) in [4.78, 5) is 0. The van der Waals surface area contributed by atoms with Crippen molar-refractivity contribution in [1.29, 1.82) is 0 Å². The molecule has 0 aliphatic carbocycles. The molecule has 2 aromatic rings. The molecule has 0 spiro atoms. The number of nitrogens with two attached hydrogens (primary N) is 1. The zero-order valence-corrected chi connectivity index (χ0v) is 9.56. The van der Waals surface area contributed by atoms with Gasteiger partial charge in [0, 0.05) is 24.1 Å². The molecule has 0 bridgehead atoms. The van der Waals surface area contributed by atoms with Crippen LogP contribution in [0.15, 0.2) is 36.5 Å². The molecule has 0 amide bonds.